The molecule has 4 saturated heterocycles. The van der Waals surface area contributed by atoms with Gasteiger partial charge in [0.05, 0.1) is 6.20 Å². The number of hydrogen-bond donors (Lipinski definition) is 0. The summed E-state index contributed by atoms with van der Waals surface area (Å²) in [5, 5.41) is 0. The number of nitrogens with zero attached hydrogens (tertiary/aromatic N) is 5. The van der Waals surface area contributed by atoms with E-state index in [2.05, 4.69) is 9.97 Å². The third kappa shape index (κ3) is 3.79. The zero-order chi connectivity index (χ0) is 18.8. The maximum absolute atomic E-state index is 12.8. The molecule has 2 bridgehead atoms. The third-order valence-electron chi connectivity index (χ3n) is 5.87. The zero-order valence-corrected chi connectivity index (χ0v) is 15.4. The molecular weight excluding hydrogens is 346 g/mol. The lowest BCUT2D eigenvalue weighted by atomic mass is 9.94. The highest BCUT2D eigenvalue weighted by Gasteiger charge is 2.39. The minimum Gasteiger partial charge on any atom is -0.342 e. The summed E-state index contributed by atoms with van der Waals surface area (Å²) in [6.07, 6.45) is 8.37. The number of likely N-dealkylation sites (tertiary alicyclic amines) is 1. The lowest BCUT2D eigenvalue weighted by Gasteiger charge is -2.36. The number of carbonyl (C=O) groups excluding carboxylic acids is 3. The van der Waals surface area contributed by atoms with Gasteiger partial charge >= 0.3 is 0 Å². The smallest absolute Gasteiger partial charge is 0.274 e. The van der Waals surface area contributed by atoms with Crippen molar-refractivity contribution < 1.29 is 14.4 Å². The van der Waals surface area contributed by atoms with E-state index in [0.29, 0.717) is 50.6 Å². The number of carbonyl (C=O) groups is 3. The molecule has 4 aliphatic rings. The lowest BCUT2D eigenvalue weighted by molar-refractivity contribution is -0.136. The van der Waals surface area contributed by atoms with E-state index in [-0.39, 0.29) is 23.8 Å². The number of amides is 3. The number of rotatable bonds is 4. The van der Waals surface area contributed by atoms with Crippen LogP contribution in [0.5, 0.6) is 0 Å². The number of fused-ring (bicyclic) bond motifs is 4. The predicted molar refractivity (Wildman–Crippen MR) is 96.6 cm³/mol. The van der Waals surface area contributed by atoms with E-state index in [1.807, 2.05) is 9.80 Å². The van der Waals surface area contributed by atoms with Gasteiger partial charge < -0.3 is 14.7 Å². The van der Waals surface area contributed by atoms with Gasteiger partial charge in [0.25, 0.3) is 5.91 Å². The monoisotopic (exact) mass is 371 g/mol. The third-order valence-corrected chi connectivity index (χ3v) is 5.87. The number of aromatic nitrogens is 2. The summed E-state index contributed by atoms with van der Waals surface area (Å²) < 4.78 is 0. The second-order valence-corrected chi connectivity index (χ2v) is 7.68. The molecule has 5 rings (SSSR count). The van der Waals surface area contributed by atoms with Gasteiger partial charge in [0.1, 0.15) is 5.69 Å². The van der Waals surface area contributed by atoms with Crippen molar-refractivity contribution in [3.8, 4) is 0 Å². The molecule has 0 saturated carbocycles. The van der Waals surface area contributed by atoms with Crippen LogP contribution in [0.25, 0.3) is 0 Å². The van der Waals surface area contributed by atoms with Gasteiger partial charge in [0.15, 0.2) is 0 Å². The van der Waals surface area contributed by atoms with E-state index in [9.17, 15) is 14.4 Å². The maximum atomic E-state index is 12.8. The van der Waals surface area contributed by atoms with E-state index in [4.69, 9.17) is 0 Å². The quantitative estimate of drug-likeness (QED) is 0.772. The highest BCUT2D eigenvalue weighted by atomic mass is 16.2. The Hall–Kier alpha value is -2.51. The van der Waals surface area contributed by atoms with Crippen molar-refractivity contribution in [3.63, 3.8) is 0 Å². The van der Waals surface area contributed by atoms with Gasteiger partial charge in [-0.05, 0) is 25.2 Å². The highest BCUT2D eigenvalue weighted by Crippen LogP contribution is 2.29. The van der Waals surface area contributed by atoms with Crippen molar-refractivity contribution in [2.45, 2.75) is 38.1 Å². The molecule has 8 nitrogen and oxygen atoms in total. The molecule has 1 aromatic heterocycles. The van der Waals surface area contributed by atoms with Crippen molar-refractivity contribution in [2.75, 3.05) is 32.7 Å². The molecule has 0 N–H and O–H groups in total. The van der Waals surface area contributed by atoms with Crippen LogP contribution in [0.15, 0.2) is 18.6 Å². The Kier molecular flexibility index (Phi) is 5.05. The Labute approximate surface area is 158 Å². The van der Waals surface area contributed by atoms with Crippen molar-refractivity contribution >= 4 is 17.7 Å². The molecule has 0 spiro atoms. The molecule has 2 atom stereocenters. The van der Waals surface area contributed by atoms with Crippen LogP contribution in [0.1, 0.15) is 42.6 Å². The molecule has 144 valence electrons. The standard InChI is InChI=1S/C19H25N5O3/c25-17-2-1-8-22(17)9-5-18(26)24-12-14-3-4-15(24)13-23(11-14)19(27)16-10-20-6-7-21-16/h6-7,10,14-15H,1-5,8-9,11-13H2. The van der Waals surface area contributed by atoms with E-state index in [0.717, 1.165) is 25.8 Å². The first-order valence-corrected chi connectivity index (χ1v) is 9.74. The van der Waals surface area contributed by atoms with E-state index >= 15 is 0 Å². The first-order valence-electron chi connectivity index (χ1n) is 9.74. The molecular formula is C19H25N5O3. The molecule has 8 heteroatoms. The van der Waals surface area contributed by atoms with E-state index in [1.165, 1.54) is 12.4 Å². The molecule has 4 fully saturated rings. The van der Waals surface area contributed by atoms with Crippen LogP contribution in [0.2, 0.25) is 0 Å². The number of piperidine rings is 1. The predicted octanol–water partition coefficient (Wildman–Crippen LogP) is 0.552. The summed E-state index contributed by atoms with van der Waals surface area (Å²) in [4.78, 5) is 51.0. The van der Waals surface area contributed by atoms with Crippen molar-refractivity contribution in [1.29, 1.82) is 0 Å². The lowest BCUT2D eigenvalue weighted by Crippen LogP contribution is -2.48. The topological polar surface area (TPSA) is 86.7 Å². The Morgan fingerprint density at radius 2 is 2.04 bits per heavy atom. The van der Waals surface area contributed by atoms with Crippen LogP contribution in [0, 0.1) is 5.92 Å². The molecule has 4 aliphatic heterocycles. The minimum absolute atomic E-state index is 0.0474. The van der Waals surface area contributed by atoms with Gasteiger partial charge in [-0.25, -0.2) is 4.98 Å². The van der Waals surface area contributed by atoms with Crippen LogP contribution < -0.4 is 0 Å². The SMILES string of the molecule is O=C1CCCN1CCC(=O)N1CC2CCC1CN(C(=O)c1cnccn1)C2. The fraction of sp³-hybridized carbons (Fsp3) is 0.632. The van der Waals surface area contributed by atoms with E-state index in [1.54, 1.807) is 11.1 Å². The zero-order valence-electron chi connectivity index (χ0n) is 15.4. The fourth-order valence-corrected chi connectivity index (χ4v) is 4.44. The first kappa shape index (κ1) is 17.9. The number of hydrogen-bond acceptors (Lipinski definition) is 5. The molecule has 0 aliphatic carbocycles. The summed E-state index contributed by atoms with van der Waals surface area (Å²) in [7, 11) is 0. The van der Waals surface area contributed by atoms with Gasteiger partial charge in [-0.2, -0.15) is 0 Å². The maximum Gasteiger partial charge on any atom is 0.274 e. The Balaban J connectivity index is 1.39. The molecule has 5 heterocycles. The van der Waals surface area contributed by atoms with Crippen molar-refractivity contribution in [3.05, 3.63) is 24.3 Å². The van der Waals surface area contributed by atoms with Crippen molar-refractivity contribution in [2.24, 2.45) is 5.92 Å². The molecule has 0 aromatic carbocycles. The van der Waals surface area contributed by atoms with Crippen LogP contribution in [-0.4, -0.2) is 81.2 Å². The van der Waals surface area contributed by atoms with Gasteiger partial charge in [-0.1, -0.05) is 0 Å². The van der Waals surface area contributed by atoms with Gasteiger partial charge in [0, 0.05) is 64.0 Å². The largest absolute Gasteiger partial charge is 0.342 e. The molecule has 2 unspecified atom stereocenters. The second kappa shape index (κ2) is 7.62. The second-order valence-electron chi connectivity index (χ2n) is 7.68. The van der Waals surface area contributed by atoms with Gasteiger partial charge in [-0.15, -0.1) is 0 Å². The van der Waals surface area contributed by atoms with Crippen LogP contribution in [0.4, 0.5) is 0 Å². The Morgan fingerprint density at radius 3 is 2.78 bits per heavy atom. The summed E-state index contributed by atoms with van der Waals surface area (Å²) >= 11 is 0. The summed E-state index contributed by atoms with van der Waals surface area (Å²) in [5.74, 6) is 0.429. The van der Waals surface area contributed by atoms with Crippen LogP contribution in [0.3, 0.4) is 0 Å². The van der Waals surface area contributed by atoms with Crippen molar-refractivity contribution in [1.82, 2.24) is 24.7 Å². The van der Waals surface area contributed by atoms with E-state index < -0.39 is 0 Å². The van der Waals surface area contributed by atoms with Crippen LogP contribution in [-0.2, 0) is 9.59 Å². The average Bonchev–Trinajstić information content (AvgIpc) is 2.91. The Bertz CT molecular complexity index is 725. The average molecular weight is 371 g/mol. The molecule has 3 amide bonds. The molecule has 0 radical (unpaired) electrons. The summed E-state index contributed by atoms with van der Waals surface area (Å²) in [6.45, 7) is 3.16. The highest BCUT2D eigenvalue weighted by molar-refractivity contribution is 5.92. The fourth-order valence-electron chi connectivity index (χ4n) is 4.44. The Morgan fingerprint density at radius 1 is 1.15 bits per heavy atom. The van der Waals surface area contributed by atoms with Gasteiger partial charge in [-0.3, -0.25) is 19.4 Å². The van der Waals surface area contributed by atoms with Gasteiger partial charge in [0.2, 0.25) is 11.8 Å². The first-order chi connectivity index (χ1) is 13.1. The summed E-state index contributed by atoms with van der Waals surface area (Å²) in [6, 6.07) is 0.0474. The normalized spacial score (nSPS) is 25.0. The molecule has 1 aromatic rings. The summed E-state index contributed by atoms with van der Waals surface area (Å²) in [5.41, 5.74) is 0.351. The molecule has 27 heavy (non-hydrogen) atoms. The van der Waals surface area contributed by atoms with Crippen LogP contribution >= 0.6 is 0 Å². The minimum atomic E-state index is -0.114.